The highest BCUT2D eigenvalue weighted by atomic mass is 16.5. The molecule has 22 heavy (non-hydrogen) atoms. The van der Waals surface area contributed by atoms with Crippen LogP contribution >= 0.6 is 0 Å². The van der Waals surface area contributed by atoms with Crippen LogP contribution in [0.25, 0.3) is 0 Å². The molecule has 2 heterocycles. The van der Waals surface area contributed by atoms with Crippen LogP contribution in [0.4, 0.5) is 0 Å². The standard InChI is InChI=1S/C19H30N2O/c1-22-19-8-6-17(7-9-19)16-20-14-10-18(11-15-20)21-12-4-2-3-5-13-21/h6-9,18H,2-5,10-16H2,1H3. The van der Waals surface area contributed by atoms with Crippen molar-refractivity contribution in [3.63, 3.8) is 0 Å². The highest BCUT2D eigenvalue weighted by Crippen LogP contribution is 2.22. The van der Waals surface area contributed by atoms with E-state index in [0.29, 0.717) is 0 Å². The van der Waals surface area contributed by atoms with E-state index >= 15 is 0 Å². The maximum absolute atomic E-state index is 5.23. The molecule has 0 unspecified atom stereocenters. The van der Waals surface area contributed by atoms with Gasteiger partial charge in [0.25, 0.3) is 0 Å². The van der Waals surface area contributed by atoms with Crippen LogP contribution in [0.15, 0.2) is 24.3 Å². The van der Waals surface area contributed by atoms with E-state index in [9.17, 15) is 0 Å². The quantitative estimate of drug-likeness (QED) is 0.846. The van der Waals surface area contributed by atoms with Crippen LogP contribution in [0.3, 0.4) is 0 Å². The third-order valence-electron chi connectivity index (χ3n) is 5.28. The minimum absolute atomic E-state index is 0.838. The summed E-state index contributed by atoms with van der Waals surface area (Å²) in [5.41, 5.74) is 1.40. The van der Waals surface area contributed by atoms with Crippen molar-refractivity contribution in [2.75, 3.05) is 33.3 Å². The van der Waals surface area contributed by atoms with Gasteiger partial charge >= 0.3 is 0 Å². The SMILES string of the molecule is COc1ccc(CN2CCC(N3CCCCCC3)CC2)cc1. The van der Waals surface area contributed by atoms with E-state index in [4.69, 9.17) is 4.74 Å². The van der Waals surface area contributed by atoms with Gasteiger partial charge in [-0.3, -0.25) is 4.90 Å². The van der Waals surface area contributed by atoms with Gasteiger partial charge in [-0.1, -0.05) is 25.0 Å². The third-order valence-corrected chi connectivity index (χ3v) is 5.28. The second-order valence-electron chi connectivity index (χ2n) is 6.81. The zero-order valence-electron chi connectivity index (χ0n) is 14.0. The lowest BCUT2D eigenvalue weighted by molar-refractivity contribution is 0.107. The summed E-state index contributed by atoms with van der Waals surface area (Å²) < 4.78 is 5.23. The number of benzene rings is 1. The van der Waals surface area contributed by atoms with Crippen molar-refractivity contribution in [2.45, 2.75) is 51.1 Å². The summed E-state index contributed by atoms with van der Waals surface area (Å²) in [7, 11) is 1.72. The Hall–Kier alpha value is -1.06. The molecule has 2 fully saturated rings. The normalized spacial score (nSPS) is 22.4. The molecule has 0 N–H and O–H groups in total. The van der Waals surface area contributed by atoms with Crippen molar-refractivity contribution in [3.05, 3.63) is 29.8 Å². The summed E-state index contributed by atoms with van der Waals surface area (Å²) in [6.45, 7) is 6.24. The van der Waals surface area contributed by atoms with Gasteiger partial charge < -0.3 is 9.64 Å². The van der Waals surface area contributed by atoms with Gasteiger partial charge in [-0.25, -0.2) is 0 Å². The molecule has 122 valence electrons. The fourth-order valence-electron chi connectivity index (χ4n) is 3.89. The number of hydrogen-bond donors (Lipinski definition) is 0. The molecule has 0 amide bonds. The molecule has 1 aromatic rings. The number of nitrogens with zero attached hydrogens (tertiary/aromatic N) is 2. The Kier molecular flexibility index (Phi) is 5.74. The van der Waals surface area contributed by atoms with Gasteiger partial charge in [0, 0.05) is 12.6 Å². The van der Waals surface area contributed by atoms with Crippen LogP contribution in [0, 0.1) is 0 Å². The summed E-state index contributed by atoms with van der Waals surface area (Å²) in [5.74, 6) is 0.948. The van der Waals surface area contributed by atoms with Gasteiger partial charge in [0.15, 0.2) is 0 Å². The van der Waals surface area contributed by atoms with Crippen molar-refractivity contribution in [2.24, 2.45) is 0 Å². The van der Waals surface area contributed by atoms with Crippen LogP contribution in [-0.2, 0) is 6.54 Å². The van der Waals surface area contributed by atoms with Gasteiger partial charge in [-0.15, -0.1) is 0 Å². The second kappa shape index (κ2) is 7.98. The van der Waals surface area contributed by atoms with Crippen molar-refractivity contribution >= 4 is 0 Å². The van der Waals surface area contributed by atoms with E-state index in [-0.39, 0.29) is 0 Å². The first-order chi connectivity index (χ1) is 10.8. The Morgan fingerprint density at radius 1 is 0.909 bits per heavy atom. The summed E-state index contributed by atoms with van der Waals surface area (Å²) in [6, 6.07) is 9.36. The Balaban J connectivity index is 1.46. The number of methoxy groups -OCH3 is 1. The van der Waals surface area contributed by atoms with Crippen LogP contribution in [0.1, 0.15) is 44.1 Å². The number of piperidine rings is 1. The number of ether oxygens (including phenoxy) is 1. The van der Waals surface area contributed by atoms with Gasteiger partial charge in [-0.2, -0.15) is 0 Å². The van der Waals surface area contributed by atoms with Gasteiger partial charge in [0.1, 0.15) is 5.75 Å². The average molecular weight is 302 g/mol. The Morgan fingerprint density at radius 3 is 2.14 bits per heavy atom. The largest absolute Gasteiger partial charge is 0.497 e. The molecule has 2 aliphatic heterocycles. The van der Waals surface area contributed by atoms with E-state index in [0.717, 1.165) is 18.3 Å². The second-order valence-corrected chi connectivity index (χ2v) is 6.81. The lowest BCUT2D eigenvalue weighted by Gasteiger charge is -2.38. The van der Waals surface area contributed by atoms with Crippen LogP contribution in [-0.4, -0.2) is 49.1 Å². The maximum Gasteiger partial charge on any atom is 0.118 e. The number of likely N-dealkylation sites (tertiary alicyclic amines) is 2. The summed E-state index contributed by atoms with van der Waals surface area (Å²) >= 11 is 0. The molecule has 3 heteroatoms. The maximum atomic E-state index is 5.23. The summed E-state index contributed by atoms with van der Waals surface area (Å²) in [6.07, 6.45) is 8.38. The van der Waals surface area contributed by atoms with Crippen molar-refractivity contribution in [1.82, 2.24) is 9.80 Å². The molecule has 0 radical (unpaired) electrons. The Bertz CT molecular complexity index is 429. The molecule has 2 saturated heterocycles. The molecular weight excluding hydrogens is 272 g/mol. The zero-order valence-corrected chi connectivity index (χ0v) is 14.0. The van der Waals surface area contributed by atoms with E-state index in [2.05, 4.69) is 34.1 Å². The topological polar surface area (TPSA) is 15.7 Å². The molecule has 1 aromatic carbocycles. The van der Waals surface area contributed by atoms with Crippen molar-refractivity contribution in [1.29, 1.82) is 0 Å². The van der Waals surface area contributed by atoms with Crippen molar-refractivity contribution in [3.8, 4) is 5.75 Å². The smallest absolute Gasteiger partial charge is 0.118 e. The number of rotatable bonds is 4. The molecule has 0 spiro atoms. The molecule has 3 rings (SSSR count). The molecule has 0 saturated carbocycles. The molecular formula is C19H30N2O. The highest BCUT2D eigenvalue weighted by Gasteiger charge is 2.24. The molecule has 2 aliphatic rings. The first-order valence-corrected chi connectivity index (χ1v) is 8.94. The Labute approximate surface area is 135 Å². The molecule has 0 atom stereocenters. The van der Waals surface area contributed by atoms with E-state index in [1.54, 1.807) is 7.11 Å². The van der Waals surface area contributed by atoms with Crippen LogP contribution < -0.4 is 4.74 Å². The van der Waals surface area contributed by atoms with E-state index in [1.807, 2.05) is 0 Å². The first kappa shape index (κ1) is 15.8. The van der Waals surface area contributed by atoms with Gasteiger partial charge in [0.05, 0.1) is 7.11 Å². The monoisotopic (exact) mass is 302 g/mol. The number of hydrogen-bond acceptors (Lipinski definition) is 3. The van der Waals surface area contributed by atoms with Crippen LogP contribution in [0.2, 0.25) is 0 Å². The van der Waals surface area contributed by atoms with Crippen LogP contribution in [0.5, 0.6) is 5.75 Å². The summed E-state index contributed by atoms with van der Waals surface area (Å²) in [5, 5.41) is 0. The zero-order chi connectivity index (χ0) is 15.2. The fourth-order valence-corrected chi connectivity index (χ4v) is 3.89. The predicted molar refractivity (Wildman–Crippen MR) is 91.3 cm³/mol. The Morgan fingerprint density at radius 2 is 1.55 bits per heavy atom. The lowest BCUT2D eigenvalue weighted by Crippen LogP contribution is -2.45. The summed E-state index contributed by atoms with van der Waals surface area (Å²) in [4.78, 5) is 5.38. The van der Waals surface area contributed by atoms with E-state index < -0.39 is 0 Å². The van der Waals surface area contributed by atoms with Gasteiger partial charge in [0.2, 0.25) is 0 Å². The van der Waals surface area contributed by atoms with E-state index in [1.165, 1.54) is 70.3 Å². The fraction of sp³-hybridized carbons (Fsp3) is 0.684. The molecule has 0 aromatic heterocycles. The lowest BCUT2D eigenvalue weighted by atomic mass is 10.0. The molecule has 3 nitrogen and oxygen atoms in total. The predicted octanol–water partition coefficient (Wildman–Crippen LogP) is 3.54. The van der Waals surface area contributed by atoms with Crippen molar-refractivity contribution < 1.29 is 4.74 Å². The minimum atomic E-state index is 0.838. The van der Waals surface area contributed by atoms with Gasteiger partial charge in [-0.05, 0) is 69.6 Å². The first-order valence-electron chi connectivity index (χ1n) is 8.94. The minimum Gasteiger partial charge on any atom is -0.497 e. The average Bonchev–Trinajstić information content (AvgIpc) is 2.86. The molecule has 0 aliphatic carbocycles. The highest BCUT2D eigenvalue weighted by molar-refractivity contribution is 5.27. The molecule has 0 bridgehead atoms. The third kappa shape index (κ3) is 4.23.